The number of aryl methyl sites for hydroxylation is 1. The number of pyridine rings is 1. The third-order valence-electron chi connectivity index (χ3n) is 7.37. The Bertz CT molecular complexity index is 1560. The predicted octanol–water partition coefficient (Wildman–Crippen LogP) is 4.53. The molecule has 14 heteroatoms. The standard InChI is InChI=1S/C18H19N3O4.C12H13BrN2O4/c1-12-5-14(3-4-19-12)15-6-13(7-17(8-15)21(23)24)9-20-10-16(11-20)18(22)25-2;1-19-12(16)9-6-14(7-9)5-8-2-10(13)4-11(3-8)15(17)18/h3-8,16H,9-11H2,1-2H3;2-4,9H,5-7H2,1H3. The molecule has 0 amide bonds. The Morgan fingerprint density at radius 2 is 1.32 bits per heavy atom. The van der Waals surface area contributed by atoms with Crippen LogP contribution in [-0.2, 0) is 32.2 Å². The van der Waals surface area contributed by atoms with Gasteiger partial charge >= 0.3 is 11.9 Å². The number of nitro benzene ring substituents is 2. The monoisotopic (exact) mass is 669 g/mol. The van der Waals surface area contributed by atoms with Crippen LogP contribution in [0.5, 0.6) is 0 Å². The van der Waals surface area contributed by atoms with Crippen LogP contribution in [0.1, 0.15) is 16.8 Å². The number of nitro groups is 2. The zero-order valence-corrected chi connectivity index (χ0v) is 26.1. The molecule has 0 N–H and O–H groups in total. The van der Waals surface area contributed by atoms with Gasteiger partial charge in [-0.1, -0.05) is 15.9 Å². The minimum absolute atomic E-state index is 0.0620. The number of likely N-dealkylation sites (tertiary alicyclic amines) is 2. The highest BCUT2D eigenvalue weighted by Gasteiger charge is 2.34. The lowest BCUT2D eigenvalue weighted by atomic mass is 9.97. The fraction of sp³-hybridized carbons (Fsp3) is 0.367. The lowest BCUT2D eigenvalue weighted by Crippen LogP contribution is -2.49. The average Bonchev–Trinajstić information content (AvgIpc) is 2.95. The fourth-order valence-corrected chi connectivity index (χ4v) is 5.67. The van der Waals surface area contributed by atoms with Crippen LogP contribution in [0.15, 0.2) is 59.2 Å². The number of carbonyl (C=O) groups excluding carboxylic acids is 2. The maximum Gasteiger partial charge on any atom is 0.311 e. The van der Waals surface area contributed by atoms with Gasteiger partial charge in [-0.2, -0.15) is 0 Å². The van der Waals surface area contributed by atoms with Crippen molar-refractivity contribution in [2.45, 2.75) is 20.0 Å². The van der Waals surface area contributed by atoms with Crippen molar-refractivity contribution in [3.63, 3.8) is 0 Å². The Hall–Kier alpha value is -4.27. The number of benzene rings is 2. The largest absolute Gasteiger partial charge is 0.469 e. The lowest BCUT2D eigenvalue weighted by molar-refractivity contribution is -0.385. The smallest absolute Gasteiger partial charge is 0.311 e. The van der Waals surface area contributed by atoms with Gasteiger partial charge in [-0.05, 0) is 53.4 Å². The van der Waals surface area contributed by atoms with Crippen LogP contribution >= 0.6 is 15.9 Å². The topological polar surface area (TPSA) is 158 Å². The summed E-state index contributed by atoms with van der Waals surface area (Å²) < 4.78 is 10.1. The predicted molar refractivity (Wildman–Crippen MR) is 163 cm³/mol. The molecule has 232 valence electrons. The van der Waals surface area contributed by atoms with Crippen LogP contribution in [0.2, 0.25) is 0 Å². The summed E-state index contributed by atoms with van der Waals surface area (Å²) in [5.74, 6) is -0.585. The van der Waals surface area contributed by atoms with E-state index in [1.165, 1.54) is 20.3 Å². The Balaban J connectivity index is 0.000000209. The van der Waals surface area contributed by atoms with Gasteiger partial charge in [0.05, 0.1) is 35.9 Å². The number of methoxy groups -OCH3 is 2. The van der Waals surface area contributed by atoms with Crippen molar-refractivity contribution in [2.24, 2.45) is 11.8 Å². The van der Waals surface area contributed by atoms with E-state index in [1.54, 1.807) is 24.4 Å². The first-order chi connectivity index (χ1) is 20.9. The Kier molecular flexibility index (Phi) is 10.7. The molecule has 0 aliphatic carbocycles. The van der Waals surface area contributed by atoms with E-state index in [0.29, 0.717) is 43.7 Å². The number of carbonyl (C=O) groups is 2. The van der Waals surface area contributed by atoms with E-state index in [4.69, 9.17) is 4.74 Å². The quantitative estimate of drug-likeness (QED) is 0.179. The fourth-order valence-electron chi connectivity index (χ4n) is 5.14. The van der Waals surface area contributed by atoms with Gasteiger partial charge in [0.15, 0.2) is 0 Å². The molecule has 2 aromatic carbocycles. The highest BCUT2D eigenvalue weighted by Crippen LogP contribution is 2.29. The van der Waals surface area contributed by atoms with Gasteiger partial charge in [0, 0.05) is 79.9 Å². The number of nitrogens with zero attached hydrogens (tertiary/aromatic N) is 5. The normalized spacial score (nSPS) is 15.3. The highest BCUT2D eigenvalue weighted by molar-refractivity contribution is 9.10. The lowest BCUT2D eigenvalue weighted by Gasteiger charge is -2.37. The minimum Gasteiger partial charge on any atom is -0.469 e. The number of hydrogen-bond acceptors (Lipinski definition) is 11. The number of non-ortho nitro benzene ring substituents is 2. The third kappa shape index (κ3) is 8.42. The van der Waals surface area contributed by atoms with E-state index in [9.17, 15) is 29.8 Å². The third-order valence-corrected chi connectivity index (χ3v) is 7.83. The maximum absolute atomic E-state index is 11.5. The SMILES string of the molecule is COC(=O)C1CN(Cc2cc(-c3ccnc(C)c3)cc([N+](=O)[O-])c2)C1.COC(=O)C1CN(Cc2cc(Br)cc([N+](=O)[O-])c2)C1. The number of rotatable bonds is 9. The molecule has 0 atom stereocenters. The van der Waals surface area contributed by atoms with Crippen LogP contribution in [0.3, 0.4) is 0 Å². The highest BCUT2D eigenvalue weighted by atomic mass is 79.9. The van der Waals surface area contributed by atoms with Gasteiger partial charge in [0.1, 0.15) is 0 Å². The zero-order chi connectivity index (χ0) is 32.0. The summed E-state index contributed by atoms with van der Waals surface area (Å²) in [6, 6.07) is 13.7. The van der Waals surface area contributed by atoms with Gasteiger partial charge in [-0.25, -0.2) is 0 Å². The van der Waals surface area contributed by atoms with Gasteiger partial charge in [0.25, 0.3) is 11.4 Å². The van der Waals surface area contributed by atoms with Gasteiger partial charge < -0.3 is 9.47 Å². The second-order valence-corrected chi connectivity index (χ2v) is 11.6. The molecule has 0 unspecified atom stereocenters. The summed E-state index contributed by atoms with van der Waals surface area (Å²) in [6.07, 6.45) is 1.69. The maximum atomic E-state index is 11.5. The van der Waals surface area contributed by atoms with Crippen molar-refractivity contribution < 1.29 is 28.9 Å². The molecule has 0 radical (unpaired) electrons. The van der Waals surface area contributed by atoms with Crippen molar-refractivity contribution in [3.05, 3.63) is 96.2 Å². The van der Waals surface area contributed by atoms with Gasteiger partial charge in [0.2, 0.25) is 0 Å². The van der Waals surface area contributed by atoms with Gasteiger partial charge in [-0.15, -0.1) is 0 Å². The molecule has 3 aromatic rings. The van der Waals surface area contributed by atoms with E-state index in [-0.39, 0.29) is 40.1 Å². The van der Waals surface area contributed by atoms with Crippen molar-refractivity contribution in [1.29, 1.82) is 0 Å². The Morgan fingerprint density at radius 3 is 1.80 bits per heavy atom. The molecule has 2 aliphatic heterocycles. The van der Waals surface area contributed by atoms with Crippen LogP contribution < -0.4 is 0 Å². The first-order valence-electron chi connectivity index (χ1n) is 13.7. The molecule has 0 saturated carbocycles. The molecule has 13 nitrogen and oxygen atoms in total. The van der Waals surface area contributed by atoms with Crippen LogP contribution in [0.4, 0.5) is 11.4 Å². The molecule has 2 aliphatic rings. The molecule has 2 fully saturated rings. The summed E-state index contributed by atoms with van der Waals surface area (Å²) in [5.41, 5.74) is 4.37. The molecule has 2 saturated heterocycles. The molecular weight excluding hydrogens is 638 g/mol. The summed E-state index contributed by atoms with van der Waals surface area (Å²) in [4.78, 5) is 52.2. The molecule has 5 rings (SSSR count). The Morgan fingerprint density at radius 1 is 0.818 bits per heavy atom. The van der Waals surface area contributed by atoms with Gasteiger partial charge in [-0.3, -0.25) is 44.6 Å². The summed E-state index contributed by atoms with van der Waals surface area (Å²) in [5, 5.41) is 22.0. The van der Waals surface area contributed by atoms with Crippen molar-refractivity contribution in [1.82, 2.24) is 14.8 Å². The number of esters is 2. The number of ether oxygens (including phenoxy) is 2. The number of hydrogen-bond donors (Lipinski definition) is 0. The molecule has 44 heavy (non-hydrogen) atoms. The second-order valence-electron chi connectivity index (χ2n) is 10.7. The first-order valence-corrected chi connectivity index (χ1v) is 14.5. The molecular formula is C30H32BrN5O8. The molecule has 1 aromatic heterocycles. The second kappa shape index (κ2) is 14.5. The number of halogens is 1. The van der Waals surface area contributed by atoms with E-state index >= 15 is 0 Å². The Labute approximate surface area is 262 Å². The minimum atomic E-state index is -0.415. The zero-order valence-electron chi connectivity index (χ0n) is 24.5. The van der Waals surface area contributed by atoms with Crippen LogP contribution in [0.25, 0.3) is 11.1 Å². The van der Waals surface area contributed by atoms with Crippen molar-refractivity contribution in [2.75, 3.05) is 40.4 Å². The summed E-state index contributed by atoms with van der Waals surface area (Å²) in [7, 11) is 2.76. The van der Waals surface area contributed by atoms with E-state index in [2.05, 4.69) is 30.6 Å². The van der Waals surface area contributed by atoms with E-state index in [0.717, 1.165) is 27.9 Å². The summed E-state index contributed by atoms with van der Waals surface area (Å²) >= 11 is 3.26. The number of aromatic nitrogens is 1. The first kappa shape index (κ1) is 32.6. The van der Waals surface area contributed by atoms with E-state index in [1.807, 2.05) is 36.1 Å². The summed E-state index contributed by atoms with van der Waals surface area (Å²) in [6.45, 7) is 5.52. The van der Waals surface area contributed by atoms with Crippen molar-refractivity contribution in [3.8, 4) is 11.1 Å². The van der Waals surface area contributed by atoms with E-state index < -0.39 is 4.92 Å². The van der Waals surface area contributed by atoms with Crippen LogP contribution in [0, 0.1) is 39.0 Å². The molecule has 0 bridgehead atoms. The van der Waals surface area contributed by atoms with Crippen LogP contribution in [-0.4, -0.2) is 77.0 Å². The molecule has 0 spiro atoms. The molecule has 3 heterocycles. The average molecular weight is 671 g/mol. The van der Waals surface area contributed by atoms with Crippen molar-refractivity contribution >= 4 is 39.2 Å².